The molecule has 24 heavy (non-hydrogen) atoms. The summed E-state index contributed by atoms with van der Waals surface area (Å²) in [4.78, 5) is 13.2. The Hall–Kier alpha value is -3.21. The van der Waals surface area contributed by atoms with Gasteiger partial charge in [0.1, 0.15) is 11.6 Å². The van der Waals surface area contributed by atoms with Gasteiger partial charge in [0.15, 0.2) is 0 Å². The van der Waals surface area contributed by atoms with Crippen LogP contribution in [0.15, 0.2) is 59.7 Å². The van der Waals surface area contributed by atoms with Crippen molar-refractivity contribution in [2.24, 2.45) is 0 Å². The summed E-state index contributed by atoms with van der Waals surface area (Å²) in [6, 6.07) is 7.99. The third-order valence-electron chi connectivity index (χ3n) is 4.70. The summed E-state index contributed by atoms with van der Waals surface area (Å²) in [6.45, 7) is 0. The fourth-order valence-corrected chi connectivity index (χ4v) is 3.63. The van der Waals surface area contributed by atoms with Gasteiger partial charge in [-0.25, -0.2) is 4.98 Å². The van der Waals surface area contributed by atoms with Crippen LogP contribution in [0.4, 0.5) is 5.82 Å². The molecule has 1 aliphatic rings. The van der Waals surface area contributed by atoms with Crippen molar-refractivity contribution in [3.8, 4) is 11.3 Å². The van der Waals surface area contributed by atoms with Gasteiger partial charge in [0.25, 0.3) is 0 Å². The van der Waals surface area contributed by atoms with E-state index in [1.54, 1.807) is 18.7 Å². The highest BCUT2D eigenvalue weighted by atomic mass is 16.3. The van der Waals surface area contributed by atoms with Gasteiger partial charge >= 0.3 is 0 Å². The van der Waals surface area contributed by atoms with E-state index in [1.807, 2.05) is 36.7 Å². The predicted molar refractivity (Wildman–Crippen MR) is 91.4 cm³/mol. The molecule has 4 aromatic heterocycles. The molecule has 5 heteroatoms. The van der Waals surface area contributed by atoms with Crippen molar-refractivity contribution >= 4 is 16.6 Å². The maximum absolute atomic E-state index is 6.21. The van der Waals surface area contributed by atoms with E-state index in [0.29, 0.717) is 5.82 Å². The first-order valence-electron chi connectivity index (χ1n) is 7.82. The molecule has 4 aromatic rings. The zero-order valence-corrected chi connectivity index (χ0v) is 12.8. The SMILES string of the molecule is Nc1nc2c(c3ccncc13)C(c1ccco1)Cc1ccncc1-2. The maximum atomic E-state index is 6.21. The van der Waals surface area contributed by atoms with Crippen LogP contribution >= 0.6 is 0 Å². The van der Waals surface area contributed by atoms with Crippen LogP contribution in [0.1, 0.15) is 22.8 Å². The number of nitrogens with two attached hydrogens (primary N) is 1. The van der Waals surface area contributed by atoms with Crippen LogP contribution in [0.5, 0.6) is 0 Å². The van der Waals surface area contributed by atoms with Gasteiger partial charge in [-0.15, -0.1) is 0 Å². The van der Waals surface area contributed by atoms with Crippen molar-refractivity contribution in [1.29, 1.82) is 0 Å². The minimum Gasteiger partial charge on any atom is -0.469 e. The Morgan fingerprint density at radius 1 is 1.04 bits per heavy atom. The van der Waals surface area contributed by atoms with Crippen molar-refractivity contribution in [3.05, 3.63) is 72.2 Å². The van der Waals surface area contributed by atoms with Crippen molar-refractivity contribution in [2.75, 3.05) is 5.73 Å². The van der Waals surface area contributed by atoms with Gasteiger partial charge in [-0.1, -0.05) is 0 Å². The van der Waals surface area contributed by atoms with Gasteiger partial charge < -0.3 is 10.2 Å². The lowest BCUT2D eigenvalue weighted by Crippen LogP contribution is -2.15. The van der Waals surface area contributed by atoms with Gasteiger partial charge in [-0.2, -0.15) is 0 Å². The molecule has 1 atom stereocenters. The highest BCUT2D eigenvalue weighted by molar-refractivity contribution is 5.98. The number of fused-ring (bicyclic) bond motifs is 5. The summed E-state index contributed by atoms with van der Waals surface area (Å²) in [6.07, 6.45) is 9.81. The summed E-state index contributed by atoms with van der Waals surface area (Å²) < 4.78 is 5.73. The molecular weight excluding hydrogens is 300 g/mol. The lowest BCUT2D eigenvalue weighted by atomic mass is 9.79. The molecule has 1 unspecified atom stereocenters. The molecular formula is C19H14N4O. The highest BCUT2D eigenvalue weighted by Gasteiger charge is 2.31. The number of furan rings is 1. The van der Waals surface area contributed by atoms with E-state index >= 15 is 0 Å². The van der Waals surface area contributed by atoms with Gasteiger partial charge in [-0.3, -0.25) is 9.97 Å². The molecule has 0 radical (unpaired) electrons. The third kappa shape index (κ3) is 1.78. The average Bonchev–Trinajstić information content (AvgIpc) is 3.16. The zero-order valence-electron chi connectivity index (χ0n) is 12.8. The lowest BCUT2D eigenvalue weighted by molar-refractivity contribution is 0.483. The van der Waals surface area contributed by atoms with Crippen molar-refractivity contribution in [1.82, 2.24) is 15.0 Å². The van der Waals surface area contributed by atoms with Gasteiger partial charge in [0, 0.05) is 41.7 Å². The molecule has 0 amide bonds. The van der Waals surface area contributed by atoms with E-state index in [2.05, 4.69) is 9.97 Å². The number of pyridine rings is 3. The van der Waals surface area contributed by atoms with Crippen LogP contribution in [-0.2, 0) is 6.42 Å². The van der Waals surface area contributed by atoms with Crippen LogP contribution in [0.2, 0.25) is 0 Å². The van der Waals surface area contributed by atoms with Crippen LogP contribution in [0.25, 0.3) is 22.0 Å². The Balaban J connectivity index is 1.91. The van der Waals surface area contributed by atoms with Gasteiger partial charge in [-0.05, 0) is 47.2 Å². The van der Waals surface area contributed by atoms with Gasteiger partial charge in [0.05, 0.1) is 12.0 Å². The van der Waals surface area contributed by atoms with Crippen LogP contribution in [0.3, 0.4) is 0 Å². The first kappa shape index (κ1) is 13.2. The first-order chi connectivity index (χ1) is 11.8. The van der Waals surface area contributed by atoms with Crippen LogP contribution < -0.4 is 5.73 Å². The second-order valence-electron chi connectivity index (χ2n) is 5.99. The van der Waals surface area contributed by atoms with E-state index in [0.717, 1.165) is 39.8 Å². The Kier molecular flexibility index (Phi) is 2.70. The summed E-state index contributed by atoms with van der Waals surface area (Å²) >= 11 is 0. The van der Waals surface area contributed by atoms with Crippen molar-refractivity contribution in [3.63, 3.8) is 0 Å². The number of hydrogen-bond donors (Lipinski definition) is 1. The largest absolute Gasteiger partial charge is 0.469 e. The first-order valence-corrected chi connectivity index (χ1v) is 7.82. The molecule has 116 valence electrons. The quantitative estimate of drug-likeness (QED) is 0.581. The minimum atomic E-state index is 0.0999. The Morgan fingerprint density at radius 2 is 1.92 bits per heavy atom. The monoisotopic (exact) mass is 314 g/mol. The smallest absolute Gasteiger partial charge is 0.133 e. The molecule has 0 bridgehead atoms. The Labute approximate surface area is 138 Å². The van der Waals surface area contributed by atoms with Crippen LogP contribution in [0, 0.1) is 0 Å². The lowest BCUT2D eigenvalue weighted by Gasteiger charge is -2.27. The van der Waals surface area contributed by atoms with E-state index in [1.165, 1.54) is 5.56 Å². The Bertz CT molecular complexity index is 1060. The number of anilines is 1. The molecule has 2 N–H and O–H groups in total. The molecule has 0 aromatic carbocycles. The number of aromatic nitrogens is 3. The summed E-state index contributed by atoms with van der Waals surface area (Å²) in [5.41, 5.74) is 10.5. The molecule has 0 saturated heterocycles. The van der Waals surface area contributed by atoms with Crippen molar-refractivity contribution < 1.29 is 4.42 Å². The number of rotatable bonds is 1. The van der Waals surface area contributed by atoms with E-state index in [-0.39, 0.29) is 5.92 Å². The molecule has 1 aliphatic carbocycles. The molecule has 0 fully saturated rings. The van der Waals surface area contributed by atoms with Gasteiger partial charge in [0.2, 0.25) is 0 Å². The summed E-state index contributed by atoms with van der Waals surface area (Å²) in [7, 11) is 0. The maximum Gasteiger partial charge on any atom is 0.133 e. The third-order valence-corrected chi connectivity index (χ3v) is 4.70. The van der Waals surface area contributed by atoms with E-state index < -0.39 is 0 Å². The molecule has 5 nitrogen and oxygen atoms in total. The topological polar surface area (TPSA) is 77.8 Å². The fraction of sp³-hybridized carbons (Fsp3) is 0.105. The average molecular weight is 314 g/mol. The summed E-state index contributed by atoms with van der Waals surface area (Å²) in [5, 5.41) is 1.95. The molecule has 4 heterocycles. The second-order valence-corrected chi connectivity index (χ2v) is 5.99. The highest BCUT2D eigenvalue weighted by Crippen LogP contribution is 2.45. The predicted octanol–water partition coefficient (Wildman–Crippen LogP) is 3.56. The fourth-order valence-electron chi connectivity index (χ4n) is 3.63. The summed E-state index contributed by atoms with van der Waals surface area (Å²) in [5.74, 6) is 1.53. The normalized spacial score (nSPS) is 15.9. The van der Waals surface area contributed by atoms with Crippen molar-refractivity contribution in [2.45, 2.75) is 12.3 Å². The second kappa shape index (κ2) is 4.89. The minimum absolute atomic E-state index is 0.0999. The van der Waals surface area contributed by atoms with E-state index in [4.69, 9.17) is 15.1 Å². The standard InChI is InChI=1S/C19H14N4O/c20-19-15-10-22-6-4-12(15)17-13(16-2-1-7-24-16)8-11-3-5-21-9-14(11)18(17)23-19/h1-7,9-10,13H,8H2,(H2,20,23). The molecule has 0 spiro atoms. The van der Waals surface area contributed by atoms with Crippen LogP contribution in [-0.4, -0.2) is 15.0 Å². The Morgan fingerprint density at radius 3 is 2.79 bits per heavy atom. The number of nitrogen functional groups attached to an aromatic ring is 1. The van der Waals surface area contributed by atoms with E-state index in [9.17, 15) is 0 Å². The molecule has 5 rings (SSSR count). The number of nitrogens with zero attached hydrogens (tertiary/aromatic N) is 3. The molecule has 0 saturated carbocycles. The number of hydrogen-bond acceptors (Lipinski definition) is 5. The zero-order chi connectivity index (χ0) is 16.1. The molecule has 0 aliphatic heterocycles.